The minimum atomic E-state index is -0.776. The van der Waals surface area contributed by atoms with Gasteiger partial charge in [-0.1, -0.05) is 42.5 Å². The van der Waals surface area contributed by atoms with E-state index in [9.17, 15) is 9.59 Å². The van der Waals surface area contributed by atoms with Crippen molar-refractivity contribution in [1.29, 1.82) is 0 Å². The number of amides is 2. The van der Waals surface area contributed by atoms with Crippen molar-refractivity contribution in [2.45, 2.75) is 13.0 Å². The molecule has 29 heavy (non-hydrogen) atoms. The lowest BCUT2D eigenvalue weighted by molar-refractivity contribution is -0.131. The fourth-order valence-electron chi connectivity index (χ4n) is 2.65. The third kappa shape index (κ3) is 5.59. The lowest BCUT2D eigenvalue weighted by Crippen LogP contribution is -2.46. The smallest absolute Gasteiger partial charge is 0.279 e. The van der Waals surface area contributed by atoms with E-state index in [0.717, 1.165) is 22.1 Å². The summed E-state index contributed by atoms with van der Waals surface area (Å²) in [5.41, 5.74) is 5.53. The summed E-state index contributed by atoms with van der Waals surface area (Å²) in [6.45, 7) is 1.61. The molecular weight excluding hydrogens is 368 g/mol. The number of benzene rings is 3. The molecule has 148 valence electrons. The first kappa shape index (κ1) is 19.9. The molecule has 0 aliphatic rings. The Kier molecular flexibility index (Phi) is 6.47. The van der Waals surface area contributed by atoms with Gasteiger partial charge < -0.3 is 9.47 Å². The van der Waals surface area contributed by atoms with Crippen molar-refractivity contribution in [2.24, 2.45) is 0 Å². The molecule has 0 saturated carbocycles. The molecule has 6 heteroatoms. The number of carbonyl (C=O) groups is 2. The Bertz CT molecular complexity index is 1030. The van der Waals surface area contributed by atoms with Gasteiger partial charge in [-0.25, -0.2) is 0 Å². The van der Waals surface area contributed by atoms with Crippen molar-refractivity contribution >= 4 is 28.7 Å². The quantitative estimate of drug-likeness (QED) is 0.499. The highest BCUT2D eigenvalue weighted by molar-refractivity contribution is 5.93. The normalized spacial score (nSPS) is 11.8. The molecule has 6 nitrogen and oxygen atoms in total. The van der Waals surface area contributed by atoms with Crippen molar-refractivity contribution in [3.63, 3.8) is 0 Å². The molecule has 0 fully saturated rings. The number of ether oxygens (including phenoxy) is 2. The Hall–Kier alpha value is -3.80. The minimum absolute atomic E-state index is 0.452. The highest BCUT2D eigenvalue weighted by atomic mass is 16.5. The number of methoxy groups -OCH3 is 1. The van der Waals surface area contributed by atoms with Crippen LogP contribution in [0.1, 0.15) is 12.5 Å². The van der Waals surface area contributed by atoms with Crippen LogP contribution in [-0.2, 0) is 9.59 Å². The molecule has 0 aromatic heterocycles. The molecule has 0 unspecified atom stereocenters. The highest BCUT2D eigenvalue weighted by Crippen LogP contribution is 2.21. The molecule has 0 aliphatic heterocycles. The van der Waals surface area contributed by atoms with Gasteiger partial charge in [0.1, 0.15) is 11.5 Å². The summed E-state index contributed by atoms with van der Waals surface area (Å²) < 4.78 is 10.8. The predicted octanol–water partition coefficient (Wildman–Crippen LogP) is 3.48. The number of hydrogen-bond donors (Lipinski definition) is 2. The molecule has 2 amide bonds. The second-order valence-electron chi connectivity index (χ2n) is 6.35. The maximum Gasteiger partial charge on any atom is 0.279 e. The molecule has 1 atom stereocenters. The van der Waals surface area contributed by atoms with E-state index in [1.54, 1.807) is 32.2 Å². The van der Waals surface area contributed by atoms with Crippen molar-refractivity contribution in [2.75, 3.05) is 7.11 Å². The zero-order valence-corrected chi connectivity index (χ0v) is 16.2. The fraction of sp³-hybridized carbons (Fsp3) is 0.130. The lowest BCUT2D eigenvalue weighted by atomic mass is 10.1. The van der Waals surface area contributed by atoms with Crippen molar-refractivity contribution in [3.8, 4) is 11.5 Å². The van der Waals surface area contributed by atoms with Crippen LogP contribution in [0.2, 0.25) is 0 Å². The Balaban J connectivity index is 1.49. The number of hydrogen-bond acceptors (Lipinski definition) is 4. The molecule has 0 spiro atoms. The topological polar surface area (TPSA) is 76.7 Å². The van der Waals surface area contributed by atoms with Crippen LogP contribution < -0.4 is 20.3 Å². The molecule has 3 aromatic rings. The van der Waals surface area contributed by atoms with Gasteiger partial charge in [-0.2, -0.15) is 0 Å². The number of fused-ring (bicyclic) bond motifs is 1. The van der Waals surface area contributed by atoms with E-state index in [2.05, 4.69) is 10.9 Å². The van der Waals surface area contributed by atoms with Gasteiger partial charge in [-0.15, -0.1) is 0 Å². The Morgan fingerprint density at radius 2 is 1.59 bits per heavy atom. The molecule has 3 rings (SSSR count). The molecule has 2 N–H and O–H groups in total. The molecule has 3 aromatic carbocycles. The zero-order chi connectivity index (χ0) is 20.6. The molecule has 0 heterocycles. The molecule has 0 saturated heterocycles. The van der Waals surface area contributed by atoms with Crippen LogP contribution >= 0.6 is 0 Å². The van der Waals surface area contributed by atoms with E-state index in [1.807, 2.05) is 54.6 Å². The minimum Gasteiger partial charge on any atom is -0.497 e. The molecule has 0 aliphatic carbocycles. The monoisotopic (exact) mass is 390 g/mol. The van der Waals surface area contributed by atoms with Crippen molar-refractivity contribution in [1.82, 2.24) is 10.9 Å². The van der Waals surface area contributed by atoms with Crippen LogP contribution in [0.4, 0.5) is 0 Å². The first-order valence-electron chi connectivity index (χ1n) is 9.12. The highest BCUT2D eigenvalue weighted by Gasteiger charge is 2.15. The summed E-state index contributed by atoms with van der Waals surface area (Å²) in [4.78, 5) is 24.1. The van der Waals surface area contributed by atoms with Gasteiger partial charge in [0.15, 0.2) is 6.10 Å². The van der Waals surface area contributed by atoms with Crippen molar-refractivity contribution < 1.29 is 19.1 Å². The van der Waals surface area contributed by atoms with Crippen LogP contribution in [0, 0.1) is 0 Å². The summed E-state index contributed by atoms with van der Waals surface area (Å²) in [7, 11) is 1.59. The number of nitrogens with one attached hydrogen (secondary N) is 2. The molecule has 0 bridgehead atoms. The van der Waals surface area contributed by atoms with E-state index in [0.29, 0.717) is 5.75 Å². The largest absolute Gasteiger partial charge is 0.497 e. The third-order valence-corrected chi connectivity index (χ3v) is 4.25. The summed E-state index contributed by atoms with van der Waals surface area (Å²) in [5, 5.41) is 2.11. The van der Waals surface area contributed by atoms with Gasteiger partial charge in [0.2, 0.25) is 0 Å². The second-order valence-corrected chi connectivity index (χ2v) is 6.35. The zero-order valence-electron chi connectivity index (χ0n) is 16.2. The summed E-state index contributed by atoms with van der Waals surface area (Å²) in [6.07, 6.45) is 2.19. The van der Waals surface area contributed by atoms with Crippen LogP contribution in [-0.4, -0.2) is 25.0 Å². The van der Waals surface area contributed by atoms with E-state index < -0.39 is 17.9 Å². The number of rotatable bonds is 6. The van der Waals surface area contributed by atoms with Crippen LogP contribution in [0.15, 0.2) is 72.8 Å². The Morgan fingerprint density at radius 3 is 2.31 bits per heavy atom. The SMILES string of the molecule is COc1ccc(/C=C/C(=O)NNC(=O)[C@H](C)Oc2ccc3ccccc3c2)cc1. The van der Waals surface area contributed by atoms with Gasteiger partial charge in [0.05, 0.1) is 7.11 Å². The number of carbonyl (C=O) groups excluding carboxylic acids is 2. The third-order valence-electron chi connectivity index (χ3n) is 4.25. The second kappa shape index (κ2) is 9.41. The van der Waals surface area contributed by atoms with Gasteiger partial charge in [-0.3, -0.25) is 20.4 Å². The van der Waals surface area contributed by atoms with E-state index in [-0.39, 0.29) is 0 Å². The lowest BCUT2D eigenvalue weighted by Gasteiger charge is -2.15. The average molecular weight is 390 g/mol. The maximum atomic E-state index is 12.2. The summed E-state index contributed by atoms with van der Waals surface area (Å²) >= 11 is 0. The average Bonchev–Trinajstić information content (AvgIpc) is 2.76. The number of hydrazine groups is 1. The van der Waals surface area contributed by atoms with E-state index >= 15 is 0 Å². The summed E-state index contributed by atoms with van der Waals surface area (Å²) in [5.74, 6) is 0.410. The molecular formula is C23H22N2O4. The fourth-order valence-corrected chi connectivity index (χ4v) is 2.65. The Labute approximate surface area is 169 Å². The molecule has 0 radical (unpaired) electrons. The maximum absolute atomic E-state index is 12.2. The van der Waals surface area contributed by atoms with E-state index in [4.69, 9.17) is 9.47 Å². The predicted molar refractivity (Wildman–Crippen MR) is 112 cm³/mol. The van der Waals surface area contributed by atoms with E-state index in [1.165, 1.54) is 6.08 Å². The Morgan fingerprint density at radius 1 is 0.897 bits per heavy atom. The van der Waals surface area contributed by atoms with Gasteiger partial charge in [0, 0.05) is 6.08 Å². The van der Waals surface area contributed by atoms with Crippen LogP contribution in [0.25, 0.3) is 16.8 Å². The van der Waals surface area contributed by atoms with Crippen molar-refractivity contribution in [3.05, 3.63) is 78.4 Å². The standard InChI is InChI=1S/C23H22N2O4/c1-16(29-21-13-10-18-5-3-4-6-19(18)15-21)23(27)25-24-22(26)14-9-17-7-11-20(28-2)12-8-17/h3-16H,1-2H3,(H,24,26)(H,25,27)/b14-9+/t16-/m0/s1. The van der Waals surface area contributed by atoms with Crippen LogP contribution in [0.3, 0.4) is 0 Å². The van der Waals surface area contributed by atoms with Gasteiger partial charge in [-0.05, 0) is 53.6 Å². The van der Waals surface area contributed by atoms with Crippen LogP contribution in [0.5, 0.6) is 11.5 Å². The first-order chi connectivity index (χ1) is 14.0. The van der Waals surface area contributed by atoms with Gasteiger partial charge >= 0.3 is 0 Å². The first-order valence-corrected chi connectivity index (χ1v) is 9.12. The van der Waals surface area contributed by atoms with Gasteiger partial charge in [0.25, 0.3) is 11.8 Å². The summed E-state index contributed by atoms with van der Waals surface area (Å²) in [6, 6.07) is 20.7.